The van der Waals surface area contributed by atoms with Gasteiger partial charge in [-0.15, -0.1) is 0 Å². The number of carbonyl (C=O) groups is 1. The maximum absolute atomic E-state index is 11.8. The van der Waals surface area contributed by atoms with Gasteiger partial charge in [0.25, 0.3) is 0 Å². The quantitative estimate of drug-likeness (QED) is 0.723. The van der Waals surface area contributed by atoms with Crippen LogP contribution in [0.5, 0.6) is 0 Å². The van der Waals surface area contributed by atoms with E-state index >= 15 is 0 Å². The molecule has 22 heavy (non-hydrogen) atoms. The Balaban J connectivity index is 1.72. The first-order valence-corrected chi connectivity index (χ1v) is 8.97. The maximum atomic E-state index is 11.8. The molecule has 122 valence electrons. The van der Waals surface area contributed by atoms with Gasteiger partial charge in [0, 0.05) is 11.8 Å². The highest BCUT2D eigenvalue weighted by Gasteiger charge is 2.60. The summed E-state index contributed by atoms with van der Waals surface area (Å²) in [6, 6.07) is 0. The van der Waals surface area contributed by atoms with Crippen LogP contribution in [0.4, 0.5) is 0 Å². The molecule has 0 amide bonds. The van der Waals surface area contributed by atoms with Crippen molar-refractivity contribution in [2.75, 3.05) is 0 Å². The van der Waals surface area contributed by atoms with Gasteiger partial charge in [0.1, 0.15) is 0 Å². The van der Waals surface area contributed by atoms with Crippen LogP contribution in [-0.2, 0) is 4.79 Å². The van der Waals surface area contributed by atoms with Crippen molar-refractivity contribution in [1.82, 2.24) is 0 Å². The summed E-state index contributed by atoms with van der Waals surface area (Å²) in [6.45, 7) is 4.47. The van der Waals surface area contributed by atoms with Gasteiger partial charge in [0.15, 0.2) is 5.78 Å². The molecule has 4 unspecified atom stereocenters. The maximum Gasteiger partial charge on any atom is 0.158 e. The third kappa shape index (κ3) is 1.73. The number of hydrogen-bond donors (Lipinski definition) is 2. The highest BCUT2D eigenvalue weighted by Crippen LogP contribution is 2.65. The van der Waals surface area contributed by atoms with Gasteiger partial charge < -0.3 is 10.2 Å². The topological polar surface area (TPSA) is 57.5 Å². The zero-order valence-corrected chi connectivity index (χ0v) is 13.7. The van der Waals surface area contributed by atoms with E-state index in [1.807, 2.05) is 6.08 Å². The Morgan fingerprint density at radius 1 is 1.05 bits per heavy atom. The highest BCUT2D eigenvalue weighted by molar-refractivity contribution is 5.92. The Morgan fingerprint density at radius 3 is 2.59 bits per heavy atom. The molecule has 4 aliphatic rings. The van der Waals surface area contributed by atoms with Crippen molar-refractivity contribution in [3.63, 3.8) is 0 Å². The van der Waals surface area contributed by atoms with Crippen LogP contribution in [0.2, 0.25) is 0 Å². The summed E-state index contributed by atoms with van der Waals surface area (Å²) in [5.41, 5.74) is 1.06. The first-order chi connectivity index (χ1) is 10.4. The molecule has 3 saturated carbocycles. The molecular weight excluding hydrogens is 276 g/mol. The van der Waals surface area contributed by atoms with E-state index in [1.54, 1.807) is 0 Å². The van der Waals surface area contributed by atoms with Crippen LogP contribution in [0, 0.1) is 28.6 Å². The SMILES string of the molecule is C[C@@]12C(=CC(=O)CC1O)CCC1C2CC[C@@]2(C)C1CC[C@@H]2O. The molecule has 0 saturated heterocycles. The number of ketones is 1. The lowest BCUT2D eigenvalue weighted by Gasteiger charge is -2.58. The van der Waals surface area contributed by atoms with Gasteiger partial charge >= 0.3 is 0 Å². The predicted molar refractivity (Wildman–Crippen MR) is 84.1 cm³/mol. The van der Waals surface area contributed by atoms with E-state index < -0.39 is 6.10 Å². The number of fused-ring (bicyclic) bond motifs is 5. The van der Waals surface area contributed by atoms with E-state index in [4.69, 9.17) is 0 Å². The van der Waals surface area contributed by atoms with Crippen molar-refractivity contribution in [1.29, 1.82) is 0 Å². The Bertz CT molecular complexity index is 539. The van der Waals surface area contributed by atoms with Crippen molar-refractivity contribution >= 4 is 5.78 Å². The molecule has 3 fully saturated rings. The number of hydrogen-bond acceptors (Lipinski definition) is 3. The fraction of sp³-hybridized carbons (Fsp3) is 0.842. The minimum absolute atomic E-state index is 0.0776. The summed E-state index contributed by atoms with van der Waals surface area (Å²) in [4.78, 5) is 11.8. The van der Waals surface area contributed by atoms with Gasteiger partial charge in [-0.1, -0.05) is 19.4 Å². The van der Waals surface area contributed by atoms with Crippen molar-refractivity contribution in [2.24, 2.45) is 28.6 Å². The van der Waals surface area contributed by atoms with Gasteiger partial charge in [-0.05, 0) is 67.8 Å². The number of rotatable bonds is 0. The van der Waals surface area contributed by atoms with E-state index in [2.05, 4.69) is 13.8 Å². The van der Waals surface area contributed by atoms with Crippen molar-refractivity contribution < 1.29 is 15.0 Å². The zero-order valence-electron chi connectivity index (χ0n) is 13.7. The molecule has 3 heteroatoms. The normalized spacial score (nSPS) is 54.3. The average Bonchev–Trinajstić information content (AvgIpc) is 2.77. The van der Waals surface area contributed by atoms with Crippen LogP contribution < -0.4 is 0 Å². The summed E-state index contributed by atoms with van der Waals surface area (Å²) in [5.74, 6) is 1.75. The van der Waals surface area contributed by atoms with Crippen molar-refractivity contribution in [3.05, 3.63) is 11.6 Å². The van der Waals surface area contributed by atoms with Gasteiger partial charge in [-0.2, -0.15) is 0 Å². The third-order valence-corrected chi connectivity index (χ3v) is 8.02. The molecule has 0 bridgehead atoms. The average molecular weight is 304 g/mol. The molecule has 0 radical (unpaired) electrons. The molecule has 0 spiro atoms. The summed E-state index contributed by atoms with van der Waals surface area (Å²) in [6.07, 6.45) is 7.71. The van der Waals surface area contributed by atoms with Gasteiger partial charge in [0.2, 0.25) is 0 Å². The van der Waals surface area contributed by atoms with E-state index in [0.717, 1.165) is 38.5 Å². The Hall–Kier alpha value is -0.670. The monoisotopic (exact) mass is 304 g/mol. The molecule has 0 aromatic carbocycles. The predicted octanol–water partition coefficient (Wildman–Crippen LogP) is 2.85. The lowest BCUT2D eigenvalue weighted by atomic mass is 9.47. The summed E-state index contributed by atoms with van der Waals surface area (Å²) in [7, 11) is 0. The summed E-state index contributed by atoms with van der Waals surface area (Å²) < 4.78 is 0. The molecule has 4 aliphatic carbocycles. The Morgan fingerprint density at radius 2 is 1.82 bits per heavy atom. The van der Waals surface area contributed by atoms with Gasteiger partial charge in [-0.3, -0.25) is 4.79 Å². The number of aliphatic hydroxyl groups is 2. The van der Waals surface area contributed by atoms with E-state index in [1.165, 1.54) is 5.57 Å². The molecule has 3 nitrogen and oxygen atoms in total. The summed E-state index contributed by atoms with van der Waals surface area (Å²) >= 11 is 0. The lowest BCUT2D eigenvalue weighted by molar-refractivity contribution is -0.129. The van der Waals surface area contributed by atoms with Crippen LogP contribution in [0.3, 0.4) is 0 Å². The number of aliphatic hydroxyl groups excluding tert-OH is 2. The molecular formula is C19H28O3. The van der Waals surface area contributed by atoms with Gasteiger partial charge in [-0.25, -0.2) is 0 Å². The van der Waals surface area contributed by atoms with Crippen LogP contribution in [0.1, 0.15) is 58.8 Å². The number of carbonyl (C=O) groups excluding carboxylic acids is 1. The Labute approximate surface area is 132 Å². The van der Waals surface area contributed by atoms with Gasteiger partial charge in [0.05, 0.1) is 12.2 Å². The zero-order chi connectivity index (χ0) is 15.7. The molecule has 4 rings (SSSR count). The Kier molecular flexibility index (Phi) is 3.16. The van der Waals surface area contributed by atoms with Crippen LogP contribution in [0.25, 0.3) is 0 Å². The van der Waals surface area contributed by atoms with Crippen LogP contribution in [0.15, 0.2) is 11.6 Å². The summed E-state index contributed by atoms with van der Waals surface area (Å²) in [5, 5.41) is 21.2. The fourth-order valence-electron chi connectivity index (χ4n) is 6.58. The molecule has 0 aromatic heterocycles. The molecule has 0 aliphatic heterocycles. The first-order valence-electron chi connectivity index (χ1n) is 8.97. The molecule has 0 aromatic rings. The van der Waals surface area contributed by atoms with E-state index in [9.17, 15) is 15.0 Å². The fourth-order valence-corrected chi connectivity index (χ4v) is 6.58. The van der Waals surface area contributed by atoms with E-state index in [-0.39, 0.29) is 29.1 Å². The largest absolute Gasteiger partial charge is 0.393 e. The van der Waals surface area contributed by atoms with Crippen molar-refractivity contribution in [3.8, 4) is 0 Å². The van der Waals surface area contributed by atoms with Crippen molar-refractivity contribution in [2.45, 2.75) is 71.0 Å². The second kappa shape index (κ2) is 4.67. The lowest BCUT2D eigenvalue weighted by Crippen LogP contribution is -2.55. The third-order valence-electron chi connectivity index (χ3n) is 8.02. The minimum Gasteiger partial charge on any atom is -0.393 e. The molecule has 2 N–H and O–H groups in total. The first kappa shape index (κ1) is 14.9. The minimum atomic E-state index is -0.525. The second-order valence-electron chi connectivity index (χ2n) is 8.69. The second-order valence-corrected chi connectivity index (χ2v) is 8.69. The van der Waals surface area contributed by atoms with Crippen LogP contribution in [-0.4, -0.2) is 28.2 Å². The smallest absolute Gasteiger partial charge is 0.158 e. The highest BCUT2D eigenvalue weighted by atomic mass is 16.3. The standard InChI is InChI=1S/C19H28O3/c1-18-8-7-15-13(14(18)5-6-16(18)21)4-3-11-9-12(20)10-17(22)19(11,15)2/h9,13-17,21-22H,3-8,10H2,1-2H3/t13?,14?,15?,16-,17?,18-,19-/m0/s1. The van der Waals surface area contributed by atoms with Crippen LogP contribution >= 0.6 is 0 Å². The van der Waals surface area contributed by atoms with E-state index in [0.29, 0.717) is 17.8 Å². The molecule has 7 atom stereocenters. The molecule has 0 heterocycles.